The molecule has 3 aromatic carbocycles. The first-order valence-electron chi connectivity index (χ1n) is 9.14. The predicted octanol–water partition coefficient (Wildman–Crippen LogP) is 4.55. The number of carbonyl (C=O) groups excluding carboxylic acids is 1. The summed E-state index contributed by atoms with van der Waals surface area (Å²) in [5.74, 6) is -0.0239. The molecule has 0 fully saturated rings. The minimum Gasteiger partial charge on any atom is -0.487 e. The Morgan fingerprint density at radius 2 is 1.80 bits per heavy atom. The lowest BCUT2D eigenvalue weighted by Crippen LogP contribution is -2.10. The molecule has 0 amide bonds. The molecule has 0 aliphatic heterocycles. The molecule has 30 heavy (non-hydrogen) atoms. The molecule has 0 atom stereocenters. The van der Waals surface area contributed by atoms with E-state index in [4.69, 9.17) is 38.0 Å². The number of carbonyl (C=O) groups is 1. The van der Waals surface area contributed by atoms with E-state index in [1.165, 1.54) is 7.11 Å². The molecule has 0 spiro atoms. The number of aryl methyl sites for hydroxylation is 1. The molecule has 3 aromatic rings. The van der Waals surface area contributed by atoms with E-state index in [0.717, 1.165) is 22.3 Å². The lowest BCUT2D eigenvalue weighted by atomic mass is 9.98. The van der Waals surface area contributed by atoms with Crippen molar-refractivity contribution in [3.63, 3.8) is 0 Å². The number of rotatable bonds is 6. The summed E-state index contributed by atoms with van der Waals surface area (Å²) in [6.45, 7) is 2.04. The van der Waals surface area contributed by atoms with Crippen LogP contribution in [-0.4, -0.2) is 18.9 Å². The summed E-state index contributed by atoms with van der Waals surface area (Å²) in [5, 5.41) is 8.21. The van der Waals surface area contributed by atoms with Crippen molar-refractivity contribution in [2.75, 3.05) is 12.8 Å². The van der Waals surface area contributed by atoms with E-state index in [-0.39, 0.29) is 12.4 Å². The van der Waals surface area contributed by atoms with E-state index in [2.05, 4.69) is 0 Å². The zero-order valence-corrected chi connectivity index (χ0v) is 17.4. The molecule has 154 valence electrons. The summed E-state index contributed by atoms with van der Waals surface area (Å²) >= 11 is 6.17. The lowest BCUT2D eigenvalue weighted by Gasteiger charge is -2.13. The van der Waals surface area contributed by atoms with Crippen LogP contribution in [-0.2, 0) is 11.3 Å². The normalized spacial score (nSPS) is 10.5. The number of methoxy groups -OCH3 is 1. The first-order valence-corrected chi connectivity index (χ1v) is 9.52. The molecule has 7 heteroatoms. The van der Waals surface area contributed by atoms with Crippen molar-refractivity contribution < 1.29 is 14.3 Å². The van der Waals surface area contributed by atoms with Gasteiger partial charge < -0.3 is 20.9 Å². The van der Waals surface area contributed by atoms with Crippen molar-refractivity contribution in [3.05, 3.63) is 81.9 Å². The van der Waals surface area contributed by atoms with E-state index in [9.17, 15) is 4.79 Å². The Morgan fingerprint density at radius 1 is 1.07 bits per heavy atom. The summed E-state index contributed by atoms with van der Waals surface area (Å²) in [7, 11) is 1.33. The van der Waals surface area contributed by atoms with Gasteiger partial charge in [0.15, 0.2) is 0 Å². The van der Waals surface area contributed by atoms with Crippen LogP contribution in [0.5, 0.6) is 5.75 Å². The van der Waals surface area contributed by atoms with E-state index in [1.54, 1.807) is 36.4 Å². The highest BCUT2D eigenvalue weighted by atomic mass is 35.5. The smallest absolute Gasteiger partial charge is 0.337 e. The molecule has 3 rings (SSSR count). The van der Waals surface area contributed by atoms with Gasteiger partial charge in [-0.2, -0.15) is 0 Å². The maximum absolute atomic E-state index is 12.2. The number of halogens is 1. The Morgan fingerprint density at radius 3 is 2.50 bits per heavy atom. The fourth-order valence-corrected chi connectivity index (χ4v) is 3.17. The van der Waals surface area contributed by atoms with Crippen LogP contribution in [0.2, 0.25) is 5.02 Å². The van der Waals surface area contributed by atoms with Gasteiger partial charge in [-0.25, -0.2) is 4.79 Å². The van der Waals surface area contributed by atoms with E-state index in [1.807, 2.05) is 25.1 Å². The minimum atomic E-state index is -0.460. The number of amidine groups is 1. The second-order valence-electron chi connectivity index (χ2n) is 6.83. The average molecular weight is 424 g/mol. The SMILES string of the molecule is COC(=O)c1cc(COc2cc(Cl)c(C)cc2N)cc(-c2cccc(C(=N)N)c2)c1. The Labute approximate surface area is 179 Å². The van der Waals surface area contributed by atoms with Crippen molar-refractivity contribution >= 4 is 29.1 Å². The van der Waals surface area contributed by atoms with Gasteiger partial charge in [0.2, 0.25) is 0 Å². The minimum absolute atomic E-state index is 0.0312. The van der Waals surface area contributed by atoms with Crippen molar-refractivity contribution in [1.82, 2.24) is 0 Å². The van der Waals surface area contributed by atoms with Crippen LogP contribution in [0, 0.1) is 12.3 Å². The molecule has 6 nitrogen and oxygen atoms in total. The second kappa shape index (κ2) is 8.88. The van der Waals surface area contributed by atoms with Crippen LogP contribution in [0.25, 0.3) is 11.1 Å². The molecule has 0 bridgehead atoms. The lowest BCUT2D eigenvalue weighted by molar-refractivity contribution is 0.0600. The molecule has 0 aliphatic rings. The van der Waals surface area contributed by atoms with Gasteiger partial charge in [-0.15, -0.1) is 0 Å². The number of nitrogens with two attached hydrogens (primary N) is 2. The van der Waals surface area contributed by atoms with Crippen molar-refractivity contribution in [3.8, 4) is 16.9 Å². The van der Waals surface area contributed by atoms with Crippen LogP contribution >= 0.6 is 11.6 Å². The third-order valence-electron chi connectivity index (χ3n) is 4.61. The highest BCUT2D eigenvalue weighted by Gasteiger charge is 2.12. The van der Waals surface area contributed by atoms with Gasteiger partial charge in [-0.05, 0) is 59.5 Å². The number of hydrogen-bond donors (Lipinski definition) is 3. The van der Waals surface area contributed by atoms with Crippen LogP contribution < -0.4 is 16.2 Å². The highest BCUT2D eigenvalue weighted by molar-refractivity contribution is 6.31. The zero-order chi connectivity index (χ0) is 21.8. The summed E-state index contributed by atoms with van der Waals surface area (Å²) < 4.78 is 10.7. The van der Waals surface area contributed by atoms with Crippen molar-refractivity contribution in [2.24, 2.45) is 5.73 Å². The Hall–Kier alpha value is -3.51. The molecular formula is C23H22ClN3O3. The Kier molecular flexibility index (Phi) is 6.28. The van der Waals surface area contributed by atoms with Crippen molar-refractivity contribution in [2.45, 2.75) is 13.5 Å². The maximum atomic E-state index is 12.2. The van der Waals surface area contributed by atoms with E-state index >= 15 is 0 Å². The van der Waals surface area contributed by atoms with Gasteiger partial charge in [-0.3, -0.25) is 5.41 Å². The largest absolute Gasteiger partial charge is 0.487 e. The third kappa shape index (κ3) is 4.72. The molecule has 5 N–H and O–H groups in total. The number of ether oxygens (including phenoxy) is 2. The molecule has 0 aromatic heterocycles. The molecule has 0 aliphatic carbocycles. The molecular weight excluding hydrogens is 402 g/mol. The number of nitrogen functional groups attached to an aromatic ring is 2. The number of nitrogens with one attached hydrogen (secondary N) is 1. The first-order chi connectivity index (χ1) is 14.3. The van der Waals surface area contributed by atoms with Gasteiger partial charge in [0, 0.05) is 16.7 Å². The van der Waals surface area contributed by atoms with Crippen LogP contribution in [0.4, 0.5) is 5.69 Å². The molecule has 0 saturated carbocycles. The van der Waals surface area contributed by atoms with Crippen LogP contribution in [0.3, 0.4) is 0 Å². The highest BCUT2D eigenvalue weighted by Crippen LogP contribution is 2.30. The van der Waals surface area contributed by atoms with Gasteiger partial charge in [0.05, 0.1) is 18.4 Å². The average Bonchev–Trinajstić information content (AvgIpc) is 2.74. The molecule has 0 radical (unpaired) electrons. The molecule has 0 heterocycles. The number of esters is 1. The molecule has 0 saturated heterocycles. The van der Waals surface area contributed by atoms with Gasteiger partial charge >= 0.3 is 5.97 Å². The monoisotopic (exact) mass is 423 g/mol. The standard InChI is InChI=1S/C23H22ClN3O3/c1-13-6-20(25)21(11-19(13)24)30-12-14-7-17(10-18(8-14)23(28)29-2)15-4-3-5-16(9-15)22(26)27/h3-11H,12,25H2,1-2H3,(H3,26,27). The van der Waals surface area contributed by atoms with Gasteiger partial charge in [0.1, 0.15) is 18.2 Å². The Bertz CT molecular complexity index is 1130. The summed E-state index contributed by atoms with van der Waals surface area (Å²) in [6.07, 6.45) is 0. The quantitative estimate of drug-likeness (QED) is 0.233. The second-order valence-corrected chi connectivity index (χ2v) is 7.24. The summed E-state index contributed by atoms with van der Waals surface area (Å²) in [5.41, 5.74) is 16.3. The fraction of sp³-hybridized carbons (Fsp3) is 0.130. The first kappa shape index (κ1) is 21.2. The van der Waals surface area contributed by atoms with E-state index < -0.39 is 5.97 Å². The fourth-order valence-electron chi connectivity index (χ4n) is 3.02. The van der Waals surface area contributed by atoms with Crippen molar-refractivity contribution in [1.29, 1.82) is 5.41 Å². The summed E-state index contributed by atoms with van der Waals surface area (Å²) in [6, 6.07) is 16.0. The number of hydrogen-bond acceptors (Lipinski definition) is 5. The predicted molar refractivity (Wildman–Crippen MR) is 119 cm³/mol. The Balaban J connectivity index is 1.97. The maximum Gasteiger partial charge on any atom is 0.337 e. The van der Waals surface area contributed by atoms with Gasteiger partial charge in [-0.1, -0.05) is 29.8 Å². The third-order valence-corrected chi connectivity index (χ3v) is 5.01. The topological polar surface area (TPSA) is 111 Å². The number of benzene rings is 3. The van der Waals surface area contributed by atoms with Crippen LogP contribution in [0.1, 0.15) is 27.0 Å². The van der Waals surface area contributed by atoms with E-state index in [0.29, 0.717) is 27.6 Å². The number of anilines is 1. The van der Waals surface area contributed by atoms with Crippen LogP contribution in [0.15, 0.2) is 54.6 Å². The molecule has 0 unspecified atom stereocenters. The zero-order valence-electron chi connectivity index (χ0n) is 16.7. The summed E-state index contributed by atoms with van der Waals surface area (Å²) in [4.78, 5) is 12.2. The van der Waals surface area contributed by atoms with Gasteiger partial charge in [0.25, 0.3) is 0 Å².